The van der Waals surface area contributed by atoms with E-state index in [2.05, 4.69) is 15.0 Å². The Balaban J connectivity index is 1.65. The van der Waals surface area contributed by atoms with Crippen LogP contribution in [-0.4, -0.2) is 115 Å². The van der Waals surface area contributed by atoms with Crippen molar-refractivity contribution in [3.63, 3.8) is 0 Å². The molecule has 4 aromatic carbocycles. The van der Waals surface area contributed by atoms with E-state index < -0.39 is 80.2 Å². The second-order valence-electron chi connectivity index (χ2n) is 20.6. The fourth-order valence-electron chi connectivity index (χ4n) is 8.20. The number of ether oxygens (including phenoxy) is 4. The average molecular weight is 1060 g/mol. The van der Waals surface area contributed by atoms with Gasteiger partial charge in [0.1, 0.15) is 33.6 Å². The lowest BCUT2D eigenvalue weighted by Gasteiger charge is -2.44. The van der Waals surface area contributed by atoms with Crippen LogP contribution in [0.15, 0.2) is 94.7 Å². The van der Waals surface area contributed by atoms with Crippen LogP contribution >= 0.6 is 0 Å². The van der Waals surface area contributed by atoms with Crippen LogP contribution < -0.4 is 35.3 Å². The Morgan fingerprint density at radius 2 is 1.32 bits per heavy atom. The molecule has 20 nitrogen and oxygen atoms in total. The summed E-state index contributed by atoms with van der Waals surface area (Å²) in [5.41, 5.74) is 12.3. The van der Waals surface area contributed by atoms with Gasteiger partial charge in [0.05, 0.1) is 51.5 Å². The van der Waals surface area contributed by atoms with Crippen molar-refractivity contribution in [3.8, 4) is 28.6 Å². The largest absolute Gasteiger partial charge is 0.497 e. The second-order valence-corrected chi connectivity index (χ2v) is 28.9. The number of methoxy groups -OCH3 is 3. The number of carbonyl (C=O) groups excluding carboxylic acids is 2. The fraction of sp³-hybridized carbons (Fsp3) is 0.460. The number of amides is 2. The van der Waals surface area contributed by atoms with Crippen molar-refractivity contribution in [2.24, 2.45) is 22.8 Å². The van der Waals surface area contributed by atoms with Crippen molar-refractivity contribution in [3.05, 3.63) is 102 Å². The van der Waals surface area contributed by atoms with Gasteiger partial charge < -0.3 is 39.7 Å². The van der Waals surface area contributed by atoms with Gasteiger partial charge in [-0.3, -0.25) is 4.79 Å². The summed E-state index contributed by atoms with van der Waals surface area (Å²) in [5, 5.41) is 13.2. The quantitative estimate of drug-likeness (QED) is 0.0643. The zero-order valence-electron chi connectivity index (χ0n) is 43.4. The molecule has 5 aromatic rings. The van der Waals surface area contributed by atoms with Crippen LogP contribution in [0.25, 0.3) is 11.4 Å². The second kappa shape index (κ2) is 22.6. The molecule has 0 saturated carbocycles. The minimum absolute atomic E-state index is 0.0893. The van der Waals surface area contributed by atoms with Gasteiger partial charge in [-0.25, -0.2) is 26.4 Å². The zero-order valence-corrected chi connectivity index (χ0v) is 46.0. The lowest BCUT2D eigenvalue weighted by molar-refractivity contribution is -0.121. The first-order chi connectivity index (χ1) is 34.2. The third kappa shape index (κ3) is 13.5. The summed E-state index contributed by atoms with van der Waals surface area (Å²) in [6.45, 7) is 14.9. The first-order valence-electron chi connectivity index (χ1n) is 23.7. The van der Waals surface area contributed by atoms with E-state index in [0.717, 1.165) is 5.56 Å². The zero-order chi connectivity index (χ0) is 53.7. The Morgan fingerprint density at radius 3 is 1.77 bits per heavy atom. The van der Waals surface area contributed by atoms with E-state index in [1.165, 1.54) is 35.5 Å². The molecule has 23 heteroatoms. The molecule has 1 aliphatic rings. The van der Waals surface area contributed by atoms with Gasteiger partial charge in [-0.05, 0) is 100 Å². The lowest BCUT2D eigenvalue weighted by Crippen LogP contribution is -2.58. The first-order valence-corrected chi connectivity index (χ1v) is 29.5. The van der Waals surface area contributed by atoms with Gasteiger partial charge in [-0.2, -0.15) is 9.10 Å². The molecule has 0 spiro atoms. The van der Waals surface area contributed by atoms with Crippen molar-refractivity contribution in [1.82, 2.24) is 29.2 Å². The Bertz CT molecular complexity index is 2890. The Morgan fingerprint density at radius 1 is 0.795 bits per heavy atom. The number of benzene rings is 4. The smallest absolute Gasteiger partial charge is 0.404 e. The standard InChI is InChI=1S/C50H69N9O11S2Si/c1-49(2,3)45(41(32-69-48(52)61)70-73(10,11)50(4,5)6)55-71(62,63)42-25-24-40(57-27-26-36(31-57)46(51)60)43(47-53-56-59(54-47)30-35-16-22-39(68-9)23-17-35)44(42)72(64,65)58(28-33-12-18-37(66-7)19-13-33)29-34-14-20-38(67-8)21-15-34/h12-25,36,41,45,55H,26-32H2,1-11H3,(H2,51,60)(H2,52,61). The van der Waals surface area contributed by atoms with Crippen LogP contribution in [0.2, 0.25) is 18.1 Å². The average Bonchev–Trinajstić information content (AvgIpc) is 4.02. The number of primary amides is 2. The molecule has 2 heterocycles. The van der Waals surface area contributed by atoms with Crippen molar-refractivity contribution in [2.45, 2.75) is 108 Å². The third-order valence-electron chi connectivity index (χ3n) is 13.3. The summed E-state index contributed by atoms with van der Waals surface area (Å²) < 4.78 is 96.6. The predicted molar refractivity (Wildman–Crippen MR) is 278 cm³/mol. The molecule has 73 heavy (non-hydrogen) atoms. The molecule has 1 fully saturated rings. The molecule has 1 aliphatic heterocycles. The number of nitrogens with two attached hydrogens (primary N) is 2. The predicted octanol–water partition coefficient (Wildman–Crippen LogP) is 6.30. The Labute approximate surface area is 429 Å². The normalized spacial score (nSPS) is 15.5. The number of nitrogens with one attached hydrogen (secondary N) is 1. The van der Waals surface area contributed by atoms with Crippen LogP contribution in [-0.2, 0) is 53.6 Å². The van der Waals surface area contributed by atoms with E-state index in [0.29, 0.717) is 34.8 Å². The molecule has 0 bridgehead atoms. The van der Waals surface area contributed by atoms with Crippen molar-refractivity contribution < 1.29 is 49.8 Å². The van der Waals surface area contributed by atoms with Gasteiger partial charge in [0.25, 0.3) is 0 Å². The van der Waals surface area contributed by atoms with Gasteiger partial charge in [-0.1, -0.05) is 77.9 Å². The molecule has 3 atom stereocenters. The summed E-state index contributed by atoms with van der Waals surface area (Å²) in [6.07, 6.45) is -1.85. The molecular formula is C50H69N9O11S2Si. The van der Waals surface area contributed by atoms with Gasteiger partial charge in [0.15, 0.2) is 8.32 Å². The summed E-state index contributed by atoms with van der Waals surface area (Å²) in [6, 6.07) is 22.4. The third-order valence-corrected chi connectivity index (χ3v) is 21.3. The molecule has 396 valence electrons. The SMILES string of the molecule is COc1ccc(CN(Cc2ccc(OC)cc2)S(=O)(=O)c2c(S(=O)(=O)NC(C(COC(N)=O)O[Si](C)(C)C(C)(C)C)C(C)(C)C)ccc(N3CCC(C(N)=O)C3)c2-c2nnn(Cc3ccc(OC)cc3)n2)cc1. The first kappa shape index (κ1) is 56.2. The van der Waals surface area contributed by atoms with Gasteiger partial charge >= 0.3 is 6.09 Å². The molecule has 6 rings (SSSR count). The number of rotatable bonds is 22. The summed E-state index contributed by atoms with van der Waals surface area (Å²) in [4.78, 5) is 26.6. The summed E-state index contributed by atoms with van der Waals surface area (Å²) in [5.74, 6) is 0.344. The number of hydrogen-bond donors (Lipinski definition) is 3. The highest BCUT2D eigenvalue weighted by molar-refractivity contribution is 7.92. The monoisotopic (exact) mass is 1060 g/mol. The van der Waals surface area contributed by atoms with Crippen LogP contribution in [0.4, 0.5) is 10.5 Å². The minimum atomic E-state index is -5.03. The Kier molecular flexibility index (Phi) is 17.4. The maximum absolute atomic E-state index is 16.3. The van der Waals surface area contributed by atoms with Crippen molar-refractivity contribution >= 4 is 46.1 Å². The lowest BCUT2D eigenvalue weighted by atomic mass is 9.84. The summed E-state index contributed by atoms with van der Waals surface area (Å²) >= 11 is 0. The number of carbonyl (C=O) groups is 2. The number of anilines is 1. The van der Waals surface area contributed by atoms with Crippen molar-refractivity contribution in [2.75, 3.05) is 45.9 Å². The molecule has 5 N–H and O–H groups in total. The maximum atomic E-state index is 16.3. The topological polar surface area (TPSA) is 263 Å². The Hall–Kier alpha value is -6.11. The van der Waals surface area contributed by atoms with Crippen molar-refractivity contribution in [1.29, 1.82) is 0 Å². The molecule has 0 aliphatic carbocycles. The molecule has 2 amide bonds. The van der Waals surface area contributed by atoms with E-state index in [9.17, 15) is 9.59 Å². The highest BCUT2D eigenvalue weighted by Gasteiger charge is 2.46. The number of aromatic nitrogens is 4. The molecule has 0 radical (unpaired) electrons. The molecule has 3 unspecified atom stereocenters. The highest BCUT2D eigenvalue weighted by atomic mass is 32.2. The van der Waals surface area contributed by atoms with Gasteiger partial charge in [-0.15, -0.1) is 10.2 Å². The van der Waals surface area contributed by atoms with Crippen LogP contribution in [0.5, 0.6) is 17.2 Å². The van der Waals surface area contributed by atoms with Crippen LogP contribution in [0, 0.1) is 11.3 Å². The molecule has 1 saturated heterocycles. The molecule has 1 aromatic heterocycles. The van der Waals surface area contributed by atoms with Crippen LogP contribution in [0.1, 0.15) is 64.7 Å². The minimum Gasteiger partial charge on any atom is -0.497 e. The van der Waals surface area contributed by atoms with Gasteiger partial charge in [0.2, 0.25) is 31.8 Å². The van der Waals surface area contributed by atoms with E-state index in [4.69, 9.17) is 39.9 Å². The van der Waals surface area contributed by atoms with E-state index in [1.807, 2.05) is 46.0 Å². The maximum Gasteiger partial charge on any atom is 0.404 e. The van der Waals surface area contributed by atoms with Crippen LogP contribution in [0.3, 0.4) is 0 Å². The number of nitrogens with zero attached hydrogens (tertiary/aromatic N) is 6. The summed E-state index contributed by atoms with van der Waals surface area (Å²) in [7, 11) is -8.18. The van der Waals surface area contributed by atoms with E-state index in [1.54, 1.807) is 93.4 Å². The number of tetrazole rings is 1. The molecular weight excluding hydrogens is 995 g/mol. The van der Waals surface area contributed by atoms with E-state index in [-0.39, 0.29) is 54.8 Å². The van der Waals surface area contributed by atoms with E-state index >= 15 is 16.8 Å². The number of sulfonamides is 2. The fourth-order valence-corrected chi connectivity index (χ4v) is 13.4. The van der Waals surface area contributed by atoms with Gasteiger partial charge in [0, 0.05) is 31.9 Å². The number of hydrogen-bond acceptors (Lipinski definition) is 15. The highest BCUT2D eigenvalue weighted by Crippen LogP contribution is 2.44.